The second kappa shape index (κ2) is 8.73. The van der Waals surface area contributed by atoms with Crippen LogP contribution in [0.2, 0.25) is 0 Å². The molecule has 3 heteroatoms. The van der Waals surface area contributed by atoms with Crippen LogP contribution >= 0.6 is 0 Å². The maximum absolute atomic E-state index is 9.28. The van der Waals surface area contributed by atoms with E-state index in [2.05, 4.69) is 18.2 Å². The number of hydrogen-bond donors (Lipinski definition) is 0. The molecule has 1 rings (SSSR count). The van der Waals surface area contributed by atoms with Crippen LogP contribution in [0.25, 0.3) is 0 Å². The largest absolute Gasteiger partial charge is 0.198 e. The summed E-state index contributed by atoms with van der Waals surface area (Å²) in [6, 6.07) is 16.1. The number of unbranched alkanes of at least 4 members (excludes halogenated alkanes) is 3. The number of nitrogens with zero attached hydrogens (tertiary/aromatic N) is 3. The summed E-state index contributed by atoms with van der Waals surface area (Å²) in [5.41, 5.74) is 0.911. The molecule has 0 bridgehead atoms. The molecule has 0 aliphatic rings. The van der Waals surface area contributed by atoms with Gasteiger partial charge in [0.15, 0.2) is 0 Å². The van der Waals surface area contributed by atoms with Crippen LogP contribution < -0.4 is 0 Å². The highest BCUT2D eigenvalue weighted by Crippen LogP contribution is 2.27. The van der Waals surface area contributed by atoms with E-state index in [9.17, 15) is 10.5 Å². The molecule has 1 aromatic carbocycles. The van der Waals surface area contributed by atoms with E-state index in [-0.39, 0.29) is 11.8 Å². The van der Waals surface area contributed by atoms with Gasteiger partial charge in [-0.3, -0.25) is 0 Å². The molecule has 2 unspecified atom stereocenters. The highest BCUT2D eigenvalue weighted by Gasteiger charge is 2.22. The van der Waals surface area contributed by atoms with Gasteiger partial charge in [-0.2, -0.15) is 15.8 Å². The summed E-state index contributed by atoms with van der Waals surface area (Å²) in [6.07, 6.45) is 3.99. The van der Waals surface area contributed by atoms with Gasteiger partial charge in [-0.05, 0) is 18.4 Å². The molecule has 0 fully saturated rings. The average Bonchev–Trinajstić information content (AvgIpc) is 2.47. The first-order valence-corrected chi connectivity index (χ1v) is 6.54. The Kier molecular flexibility index (Phi) is 6.78. The van der Waals surface area contributed by atoms with Crippen molar-refractivity contribution in [2.45, 2.75) is 38.0 Å². The first-order chi connectivity index (χ1) is 9.33. The zero-order valence-electron chi connectivity index (χ0n) is 10.9. The number of hydrogen-bond acceptors (Lipinski definition) is 3. The zero-order valence-corrected chi connectivity index (χ0v) is 10.9. The highest BCUT2D eigenvalue weighted by atomic mass is 14.4. The number of rotatable bonds is 7. The molecule has 0 aliphatic heterocycles. The SMILES string of the molecule is N#CCCCCCC(C#N)C(C#N)c1ccccc1. The molecular formula is C16H17N3. The van der Waals surface area contributed by atoms with Crippen molar-refractivity contribution in [1.29, 1.82) is 15.8 Å². The molecule has 0 N–H and O–H groups in total. The Hall–Kier alpha value is -2.31. The van der Waals surface area contributed by atoms with Crippen molar-refractivity contribution in [3.8, 4) is 18.2 Å². The molecule has 0 aromatic heterocycles. The van der Waals surface area contributed by atoms with Gasteiger partial charge >= 0.3 is 0 Å². The molecule has 0 aliphatic carbocycles. The summed E-state index contributed by atoms with van der Waals surface area (Å²) in [5, 5.41) is 27.0. The lowest BCUT2D eigenvalue weighted by atomic mass is 9.84. The Bertz CT molecular complexity index is 487. The van der Waals surface area contributed by atoms with E-state index in [0.717, 1.165) is 31.2 Å². The Morgan fingerprint density at radius 2 is 1.63 bits per heavy atom. The second-order valence-electron chi connectivity index (χ2n) is 4.51. The van der Waals surface area contributed by atoms with Gasteiger partial charge < -0.3 is 0 Å². The molecule has 1 aromatic rings. The van der Waals surface area contributed by atoms with Crippen molar-refractivity contribution in [2.24, 2.45) is 5.92 Å². The summed E-state index contributed by atoms with van der Waals surface area (Å²) in [7, 11) is 0. The third-order valence-electron chi connectivity index (χ3n) is 3.17. The Morgan fingerprint density at radius 3 is 2.21 bits per heavy atom. The molecule has 0 saturated carbocycles. The second-order valence-corrected chi connectivity index (χ2v) is 4.51. The molecule has 2 atom stereocenters. The normalized spacial score (nSPS) is 12.7. The monoisotopic (exact) mass is 251 g/mol. The molecule has 3 nitrogen and oxygen atoms in total. The van der Waals surface area contributed by atoms with Gasteiger partial charge in [0.2, 0.25) is 0 Å². The minimum Gasteiger partial charge on any atom is -0.198 e. The van der Waals surface area contributed by atoms with Crippen LogP contribution in [0, 0.1) is 39.9 Å². The highest BCUT2D eigenvalue weighted by molar-refractivity contribution is 5.27. The fourth-order valence-electron chi connectivity index (χ4n) is 2.11. The Morgan fingerprint density at radius 1 is 0.895 bits per heavy atom. The Labute approximate surface area is 114 Å². The number of nitriles is 3. The van der Waals surface area contributed by atoms with Crippen LogP contribution in [0.1, 0.15) is 43.6 Å². The first-order valence-electron chi connectivity index (χ1n) is 6.54. The van der Waals surface area contributed by atoms with Crippen molar-refractivity contribution < 1.29 is 0 Å². The third kappa shape index (κ3) is 4.82. The Balaban J connectivity index is 2.56. The summed E-state index contributed by atoms with van der Waals surface area (Å²) in [4.78, 5) is 0. The van der Waals surface area contributed by atoms with Crippen molar-refractivity contribution in [2.75, 3.05) is 0 Å². The lowest BCUT2D eigenvalue weighted by Crippen LogP contribution is -2.09. The van der Waals surface area contributed by atoms with Gasteiger partial charge in [-0.15, -0.1) is 0 Å². The van der Waals surface area contributed by atoms with Crippen LogP contribution in [0.5, 0.6) is 0 Å². The third-order valence-corrected chi connectivity index (χ3v) is 3.17. The lowest BCUT2D eigenvalue weighted by Gasteiger charge is -2.15. The van der Waals surface area contributed by atoms with Crippen LogP contribution in [0.4, 0.5) is 0 Å². The lowest BCUT2D eigenvalue weighted by molar-refractivity contribution is 0.511. The molecule has 0 amide bonds. The van der Waals surface area contributed by atoms with Gasteiger partial charge in [0, 0.05) is 6.42 Å². The minimum absolute atomic E-state index is 0.269. The van der Waals surface area contributed by atoms with E-state index < -0.39 is 0 Å². The van der Waals surface area contributed by atoms with Crippen molar-refractivity contribution in [1.82, 2.24) is 0 Å². The molecule has 96 valence electrons. The van der Waals surface area contributed by atoms with Crippen molar-refractivity contribution in [3.05, 3.63) is 35.9 Å². The van der Waals surface area contributed by atoms with E-state index in [1.54, 1.807) is 0 Å². The van der Waals surface area contributed by atoms with Crippen molar-refractivity contribution in [3.63, 3.8) is 0 Å². The van der Waals surface area contributed by atoms with E-state index in [4.69, 9.17) is 5.26 Å². The van der Waals surface area contributed by atoms with Crippen LogP contribution in [0.15, 0.2) is 30.3 Å². The summed E-state index contributed by atoms with van der Waals surface area (Å²) >= 11 is 0. The molecular weight excluding hydrogens is 234 g/mol. The quantitative estimate of drug-likeness (QED) is 0.690. The molecule has 0 heterocycles. The van der Waals surface area contributed by atoms with Crippen LogP contribution in [-0.2, 0) is 0 Å². The van der Waals surface area contributed by atoms with Crippen molar-refractivity contribution >= 4 is 0 Å². The van der Waals surface area contributed by atoms with E-state index >= 15 is 0 Å². The summed E-state index contributed by atoms with van der Waals surface area (Å²) < 4.78 is 0. The van der Waals surface area contributed by atoms with Gasteiger partial charge in [-0.1, -0.05) is 43.2 Å². The maximum Gasteiger partial charge on any atom is 0.0870 e. The molecule has 0 saturated heterocycles. The van der Waals surface area contributed by atoms with Gasteiger partial charge in [0.25, 0.3) is 0 Å². The van der Waals surface area contributed by atoms with Crippen LogP contribution in [-0.4, -0.2) is 0 Å². The van der Waals surface area contributed by atoms with Gasteiger partial charge in [0.1, 0.15) is 0 Å². The smallest absolute Gasteiger partial charge is 0.0870 e. The fourth-order valence-corrected chi connectivity index (χ4v) is 2.11. The molecule has 0 radical (unpaired) electrons. The maximum atomic E-state index is 9.28. The van der Waals surface area contributed by atoms with E-state index in [0.29, 0.717) is 6.42 Å². The zero-order chi connectivity index (χ0) is 13.9. The summed E-state index contributed by atoms with van der Waals surface area (Å²) in [5.74, 6) is -0.628. The van der Waals surface area contributed by atoms with Gasteiger partial charge in [-0.25, -0.2) is 0 Å². The fraction of sp³-hybridized carbons (Fsp3) is 0.438. The van der Waals surface area contributed by atoms with Gasteiger partial charge in [0.05, 0.1) is 30.0 Å². The number of benzene rings is 1. The standard InChI is InChI=1S/C16H17N3/c17-11-7-2-1-4-10-15(12-18)16(13-19)14-8-5-3-6-9-14/h3,5-6,8-9,15-16H,1-2,4,7,10H2. The average molecular weight is 251 g/mol. The van der Waals surface area contributed by atoms with E-state index in [1.165, 1.54) is 0 Å². The van der Waals surface area contributed by atoms with Crippen LogP contribution in [0.3, 0.4) is 0 Å². The minimum atomic E-state index is -0.359. The predicted octanol–water partition coefficient (Wildman–Crippen LogP) is 3.91. The molecule has 0 spiro atoms. The first kappa shape index (κ1) is 14.7. The summed E-state index contributed by atoms with van der Waals surface area (Å²) in [6.45, 7) is 0. The molecule has 19 heavy (non-hydrogen) atoms. The van der Waals surface area contributed by atoms with E-state index in [1.807, 2.05) is 30.3 Å². The predicted molar refractivity (Wildman–Crippen MR) is 72.6 cm³/mol. The topological polar surface area (TPSA) is 71.4 Å².